The molecule has 0 bridgehead atoms. The zero-order chi connectivity index (χ0) is 13.1. The minimum atomic E-state index is -0.0665. The van der Waals surface area contributed by atoms with Crippen LogP contribution in [0.2, 0.25) is 0 Å². The lowest BCUT2D eigenvalue weighted by Gasteiger charge is -2.43. The van der Waals surface area contributed by atoms with Crippen LogP contribution in [0.25, 0.3) is 0 Å². The van der Waals surface area contributed by atoms with Gasteiger partial charge in [-0.2, -0.15) is 0 Å². The Balaban J connectivity index is 1.56. The van der Waals surface area contributed by atoms with E-state index in [1.54, 1.807) is 0 Å². The predicted octanol–water partition coefficient (Wildman–Crippen LogP) is 1.96. The largest absolute Gasteiger partial charge is 0.381 e. The molecule has 0 amide bonds. The van der Waals surface area contributed by atoms with Crippen molar-refractivity contribution in [1.82, 2.24) is 0 Å². The average Bonchev–Trinajstić information content (AvgIpc) is 2.92. The first-order valence-electron chi connectivity index (χ1n) is 7.60. The normalized spacial score (nSPS) is 34.5. The second-order valence-corrected chi connectivity index (χ2v) is 6.23. The van der Waals surface area contributed by atoms with Crippen LogP contribution in [-0.4, -0.2) is 44.4 Å². The molecule has 3 heterocycles. The van der Waals surface area contributed by atoms with Crippen LogP contribution in [-0.2, 0) is 19.0 Å². The Hall–Kier alpha value is -0.450. The van der Waals surface area contributed by atoms with Gasteiger partial charge < -0.3 is 14.2 Å². The van der Waals surface area contributed by atoms with E-state index in [2.05, 4.69) is 0 Å². The fraction of sp³-hybridized carbons (Fsp3) is 0.933. The average molecular weight is 268 g/mol. The van der Waals surface area contributed by atoms with E-state index in [4.69, 9.17) is 14.2 Å². The molecule has 1 spiro atoms. The minimum absolute atomic E-state index is 0.0665. The van der Waals surface area contributed by atoms with Crippen LogP contribution in [0.15, 0.2) is 0 Å². The lowest BCUT2D eigenvalue weighted by atomic mass is 9.77. The third-order valence-corrected chi connectivity index (χ3v) is 4.87. The first-order chi connectivity index (χ1) is 9.27. The molecule has 2 atom stereocenters. The number of carbonyl (C=O) groups is 1. The molecule has 108 valence electrons. The molecular weight excluding hydrogens is 244 g/mol. The van der Waals surface area contributed by atoms with Gasteiger partial charge in [0.1, 0.15) is 5.78 Å². The second-order valence-electron chi connectivity index (χ2n) is 6.23. The molecule has 3 rings (SSSR count). The Kier molecular flexibility index (Phi) is 4.20. The van der Waals surface area contributed by atoms with Crippen molar-refractivity contribution in [3.63, 3.8) is 0 Å². The standard InChI is InChI=1S/C15H24O4/c16-14(9-12-1-5-18-11-12)13-2-6-19-15(10-13)3-7-17-8-4-15/h12-13H,1-11H2. The van der Waals surface area contributed by atoms with Crippen LogP contribution in [0.3, 0.4) is 0 Å². The number of hydrogen-bond donors (Lipinski definition) is 0. The van der Waals surface area contributed by atoms with E-state index in [1.165, 1.54) is 0 Å². The molecule has 0 radical (unpaired) electrons. The fourth-order valence-corrected chi connectivity index (χ4v) is 3.59. The number of ether oxygens (including phenoxy) is 3. The Morgan fingerprint density at radius 3 is 2.63 bits per heavy atom. The van der Waals surface area contributed by atoms with E-state index < -0.39 is 0 Å². The predicted molar refractivity (Wildman–Crippen MR) is 70.0 cm³/mol. The first-order valence-corrected chi connectivity index (χ1v) is 7.60. The molecule has 2 unspecified atom stereocenters. The number of carbonyl (C=O) groups excluding carboxylic acids is 1. The molecule has 3 saturated heterocycles. The summed E-state index contributed by atoms with van der Waals surface area (Å²) in [6.07, 6.45) is 5.45. The Labute approximate surface area is 114 Å². The quantitative estimate of drug-likeness (QED) is 0.785. The van der Waals surface area contributed by atoms with Crippen LogP contribution in [0.4, 0.5) is 0 Å². The molecule has 3 fully saturated rings. The van der Waals surface area contributed by atoms with Crippen molar-refractivity contribution in [2.24, 2.45) is 11.8 Å². The molecule has 4 heteroatoms. The van der Waals surface area contributed by atoms with Gasteiger partial charge in [-0.15, -0.1) is 0 Å². The number of Topliss-reactive ketones (excluding diaryl/α,β-unsaturated/α-hetero) is 1. The lowest BCUT2D eigenvalue weighted by molar-refractivity contribution is -0.157. The summed E-state index contributed by atoms with van der Waals surface area (Å²) >= 11 is 0. The summed E-state index contributed by atoms with van der Waals surface area (Å²) in [7, 11) is 0. The highest BCUT2D eigenvalue weighted by Crippen LogP contribution is 2.38. The number of rotatable bonds is 3. The second kappa shape index (κ2) is 5.90. The Morgan fingerprint density at radius 1 is 1.05 bits per heavy atom. The maximum atomic E-state index is 12.4. The fourth-order valence-electron chi connectivity index (χ4n) is 3.59. The summed E-state index contributed by atoms with van der Waals surface area (Å²) in [5.41, 5.74) is -0.0665. The van der Waals surface area contributed by atoms with Gasteiger partial charge in [-0.25, -0.2) is 0 Å². The Morgan fingerprint density at radius 2 is 1.89 bits per heavy atom. The van der Waals surface area contributed by atoms with Crippen molar-refractivity contribution in [3.05, 3.63) is 0 Å². The van der Waals surface area contributed by atoms with E-state index in [0.717, 1.165) is 65.1 Å². The molecule has 0 aromatic rings. The summed E-state index contributed by atoms with van der Waals surface area (Å²) in [6.45, 7) is 3.88. The molecule has 19 heavy (non-hydrogen) atoms. The Bertz CT molecular complexity index is 311. The van der Waals surface area contributed by atoms with Crippen LogP contribution in [0.1, 0.15) is 38.5 Å². The van der Waals surface area contributed by atoms with Gasteiger partial charge in [-0.05, 0) is 38.0 Å². The molecule has 0 aromatic heterocycles. The summed E-state index contributed by atoms with van der Waals surface area (Å²) in [4.78, 5) is 12.4. The molecule has 0 N–H and O–H groups in total. The SMILES string of the molecule is O=C(CC1CCOC1)C1CCOC2(CCOCC2)C1. The minimum Gasteiger partial charge on any atom is -0.381 e. The smallest absolute Gasteiger partial charge is 0.136 e. The molecule has 4 nitrogen and oxygen atoms in total. The van der Waals surface area contributed by atoms with Gasteiger partial charge in [0, 0.05) is 45.4 Å². The molecule has 0 saturated carbocycles. The van der Waals surface area contributed by atoms with E-state index >= 15 is 0 Å². The molecule has 0 aromatic carbocycles. The van der Waals surface area contributed by atoms with Gasteiger partial charge in [-0.3, -0.25) is 4.79 Å². The van der Waals surface area contributed by atoms with Gasteiger partial charge in [0.15, 0.2) is 0 Å². The van der Waals surface area contributed by atoms with Crippen molar-refractivity contribution in [3.8, 4) is 0 Å². The summed E-state index contributed by atoms with van der Waals surface area (Å²) < 4.78 is 16.8. The third-order valence-electron chi connectivity index (χ3n) is 4.87. The van der Waals surface area contributed by atoms with Gasteiger partial charge in [-0.1, -0.05) is 0 Å². The summed E-state index contributed by atoms with van der Waals surface area (Å²) in [5, 5.41) is 0. The highest BCUT2D eigenvalue weighted by molar-refractivity contribution is 5.81. The number of ketones is 1. The third kappa shape index (κ3) is 3.18. The van der Waals surface area contributed by atoms with Crippen molar-refractivity contribution in [2.45, 2.75) is 44.1 Å². The number of hydrogen-bond acceptors (Lipinski definition) is 4. The maximum Gasteiger partial charge on any atom is 0.136 e. The first kappa shape index (κ1) is 13.5. The van der Waals surface area contributed by atoms with Crippen LogP contribution in [0, 0.1) is 11.8 Å². The van der Waals surface area contributed by atoms with Gasteiger partial charge in [0.25, 0.3) is 0 Å². The van der Waals surface area contributed by atoms with Gasteiger partial charge in [0.05, 0.1) is 5.60 Å². The topological polar surface area (TPSA) is 44.8 Å². The molecular formula is C15H24O4. The highest BCUT2D eigenvalue weighted by atomic mass is 16.5. The molecule has 0 aliphatic carbocycles. The zero-order valence-corrected chi connectivity index (χ0v) is 11.6. The van der Waals surface area contributed by atoms with E-state index in [-0.39, 0.29) is 11.5 Å². The monoisotopic (exact) mass is 268 g/mol. The van der Waals surface area contributed by atoms with E-state index in [1.807, 2.05) is 0 Å². The molecule has 3 aliphatic rings. The highest BCUT2D eigenvalue weighted by Gasteiger charge is 2.41. The van der Waals surface area contributed by atoms with E-state index in [0.29, 0.717) is 18.1 Å². The van der Waals surface area contributed by atoms with Gasteiger partial charge >= 0.3 is 0 Å². The van der Waals surface area contributed by atoms with Crippen LogP contribution in [0.5, 0.6) is 0 Å². The maximum absolute atomic E-state index is 12.4. The van der Waals surface area contributed by atoms with Crippen molar-refractivity contribution in [2.75, 3.05) is 33.0 Å². The van der Waals surface area contributed by atoms with Crippen molar-refractivity contribution in [1.29, 1.82) is 0 Å². The summed E-state index contributed by atoms with van der Waals surface area (Å²) in [5.74, 6) is 1.10. The lowest BCUT2D eigenvalue weighted by Crippen LogP contribution is -2.46. The van der Waals surface area contributed by atoms with Crippen molar-refractivity contribution < 1.29 is 19.0 Å². The van der Waals surface area contributed by atoms with Crippen LogP contribution >= 0.6 is 0 Å². The van der Waals surface area contributed by atoms with Crippen LogP contribution < -0.4 is 0 Å². The van der Waals surface area contributed by atoms with Gasteiger partial charge in [0.2, 0.25) is 0 Å². The van der Waals surface area contributed by atoms with E-state index in [9.17, 15) is 4.79 Å². The summed E-state index contributed by atoms with van der Waals surface area (Å²) in [6, 6.07) is 0. The molecule has 3 aliphatic heterocycles. The van der Waals surface area contributed by atoms with Crippen molar-refractivity contribution >= 4 is 5.78 Å². The zero-order valence-electron chi connectivity index (χ0n) is 11.6.